The molecule has 0 aliphatic heterocycles. The highest BCUT2D eigenvalue weighted by atomic mass is 79.9. The lowest BCUT2D eigenvalue weighted by Crippen LogP contribution is -1.94. The van der Waals surface area contributed by atoms with Gasteiger partial charge in [0.05, 0.1) is 10.5 Å². The van der Waals surface area contributed by atoms with E-state index in [4.69, 9.17) is 0 Å². The first-order chi connectivity index (χ1) is 6.16. The number of benzene rings is 1. The van der Waals surface area contributed by atoms with Gasteiger partial charge in [-0.1, -0.05) is 12.1 Å². The highest BCUT2D eigenvalue weighted by Gasteiger charge is 2.11. The van der Waals surface area contributed by atoms with Crippen LogP contribution in [0.2, 0.25) is 0 Å². The Balaban J connectivity index is 3.14. The number of halogens is 2. The Labute approximate surface area is 83.6 Å². The quantitative estimate of drug-likeness (QED) is 0.580. The fourth-order valence-electron chi connectivity index (χ4n) is 0.992. The van der Waals surface area contributed by atoms with E-state index in [9.17, 15) is 9.18 Å². The molecule has 1 rings (SSSR count). The molecule has 1 aromatic carbocycles. The highest BCUT2D eigenvalue weighted by Crippen LogP contribution is 2.25. The summed E-state index contributed by atoms with van der Waals surface area (Å²) in [6.45, 7) is 1.63. The average molecular weight is 244 g/mol. The second-order valence-corrected chi connectivity index (χ2v) is 3.39. The maximum atomic E-state index is 13.3. The third-order valence-electron chi connectivity index (χ3n) is 1.68. The lowest BCUT2D eigenvalue weighted by molar-refractivity contribution is 0.555. The lowest BCUT2D eigenvalue weighted by atomic mass is 10.1. The molecule has 0 saturated heterocycles. The number of hydrogen-bond acceptors (Lipinski definition) is 2. The summed E-state index contributed by atoms with van der Waals surface area (Å²) in [6.07, 6.45) is 1.41. The molecule has 0 fully saturated rings. The monoisotopic (exact) mass is 243 g/mol. The van der Waals surface area contributed by atoms with Gasteiger partial charge in [-0.25, -0.2) is 9.18 Å². The number of nitrogens with zero attached hydrogens (tertiary/aromatic N) is 1. The Morgan fingerprint density at radius 3 is 2.92 bits per heavy atom. The molecule has 0 heterocycles. The SMILES string of the molecule is CC(N=C=O)c1cccc(Br)c1F. The number of hydrogen-bond donors (Lipinski definition) is 0. The Kier molecular flexibility index (Phi) is 3.34. The first-order valence-corrected chi connectivity index (χ1v) is 4.47. The number of rotatable bonds is 2. The second-order valence-electron chi connectivity index (χ2n) is 2.54. The van der Waals surface area contributed by atoms with Crippen LogP contribution in [0.15, 0.2) is 27.7 Å². The summed E-state index contributed by atoms with van der Waals surface area (Å²) >= 11 is 3.05. The van der Waals surface area contributed by atoms with Crippen molar-refractivity contribution in [2.45, 2.75) is 13.0 Å². The summed E-state index contributed by atoms with van der Waals surface area (Å²) in [5.41, 5.74) is 0.387. The van der Waals surface area contributed by atoms with E-state index in [1.54, 1.807) is 25.1 Å². The Morgan fingerprint density at radius 1 is 1.62 bits per heavy atom. The fraction of sp³-hybridized carbons (Fsp3) is 0.222. The summed E-state index contributed by atoms with van der Waals surface area (Å²) in [7, 11) is 0. The van der Waals surface area contributed by atoms with E-state index in [-0.39, 0.29) is 5.82 Å². The van der Waals surface area contributed by atoms with Crippen molar-refractivity contribution in [3.05, 3.63) is 34.1 Å². The van der Waals surface area contributed by atoms with Crippen molar-refractivity contribution < 1.29 is 9.18 Å². The zero-order valence-corrected chi connectivity index (χ0v) is 8.51. The summed E-state index contributed by atoms with van der Waals surface area (Å²) in [5.74, 6) is -0.381. The molecule has 0 spiro atoms. The summed E-state index contributed by atoms with van der Waals surface area (Å²) in [6, 6.07) is 4.39. The molecular weight excluding hydrogens is 237 g/mol. The van der Waals surface area contributed by atoms with Gasteiger partial charge in [0.25, 0.3) is 0 Å². The fourth-order valence-corrected chi connectivity index (χ4v) is 1.37. The van der Waals surface area contributed by atoms with Crippen LogP contribution in [0.25, 0.3) is 0 Å². The van der Waals surface area contributed by atoms with Crippen LogP contribution in [0, 0.1) is 5.82 Å². The van der Waals surface area contributed by atoms with Crippen molar-refractivity contribution in [2.75, 3.05) is 0 Å². The molecular formula is C9H7BrFNO. The topological polar surface area (TPSA) is 29.4 Å². The Morgan fingerprint density at radius 2 is 2.31 bits per heavy atom. The average Bonchev–Trinajstić information content (AvgIpc) is 2.10. The van der Waals surface area contributed by atoms with Gasteiger partial charge in [0, 0.05) is 5.56 Å². The van der Waals surface area contributed by atoms with Gasteiger partial charge in [0.15, 0.2) is 0 Å². The van der Waals surface area contributed by atoms with E-state index in [2.05, 4.69) is 20.9 Å². The predicted octanol–water partition coefficient (Wildman–Crippen LogP) is 2.99. The maximum Gasteiger partial charge on any atom is 0.235 e. The van der Waals surface area contributed by atoms with E-state index < -0.39 is 6.04 Å². The van der Waals surface area contributed by atoms with Crippen LogP contribution in [0.4, 0.5) is 4.39 Å². The van der Waals surface area contributed by atoms with Crippen molar-refractivity contribution in [3.8, 4) is 0 Å². The Bertz CT molecular complexity index is 361. The van der Waals surface area contributed by atoms with Gasteiger partial charge in [-0.2, -0.15) is 4.99 Å². The van der Waals surface area contributed by atoms with Crippen molar-refractivity contribution in [3.63, 3.8) is 0 Å². The molecule has 0 aliphatic rings. The van der Waals surface area contributed by atoms with Crippen molar-refractivity contribution in [1.29, 1.82) is 0 Å². The third kappa shape index (κ3) is 2.23. The van der Waals surface area contributed by atoms with Crippen LogP contribution in [-0.2, 0) is 4.79 Å². The molecule has 0 N–H and O–H groups in total. The minimum Gasteiger partial charge on any atom is -0.211 e. The molecule has 0 radical (unpaired) electrons. The molecule has 0 bridgehead atoms. The van der Waals surface area contributed by atoms with E-state index in [1.807, 2.05) is 0 Å². The molecule has 1 unspecified atom stereocenters. The van der Waals surface area contributed by atoms with Gasteiger partial charge in [-0.05, 0) is 28.9 Å². The molecule has 1 aromatic rings. The number of isocyanates is 1. The van der Waals surface area contributed by atoms with E-state index >= 15 is 0 Å². The van der Waals surface area contributed by atoms with Crippen molar-refractivity contribution >= 4 is 22.0 Å². The normalized spacial score (nSPS) is 11.9. The molecule has 2 nitrogen and oxygen atoms in total. The smallest absolute Gasteiger partial charge is 0.211 e. The van der Waals surface area contributed by atoms with Gasteiger partial charge >= 0.3 is 0 Å². The molecule has 68 valence electrons. The minimum absolute atomic E-state index is 0.373. The van der Waals surface area contributed by atoms with Gasteiger partial charge in [0.1, 0.15) is 5.82 Å². The zero-order chi connectivity index (χ0) is 9.84. The van der Waals surface area contributed by atoms with Gasteiger partial charge in [-0.3, -0.25) is 0 Å². The van der Waals surface area contributed by atoms with Gasteiger partial charge < -0.3 is 0 Å². The van der Waals surface area contributed by atoms with Gasteiger partial charge in [0.2, 0.25) is 6.08 Å². The van der Waals surface area contributed by atoms with Crippen LogP contribution in [0.3, 0.4) is 0 Å². The second kappa shape index (κ2) is 4.30. The number of carbonyl (C=O) groups excluding carboxylic acids is 1. The highest BCUT2D eigenvalue weighted by molar-refractivity contribution is 9.10. The van der Waals surface area contributed by atoms with E-state index in [0.717, 1.165) is 0 Å². The van der Waals surface area contributed by atoms with Gasteiger partial charge in [-0.15, -0.1) is 0 Å². The minimum atomic E-state index is -0.491. The Hall–Kier alpha value is -0.990. The molecule has 4 heteroatoms. The maximum absolute atomic E-state index is 13.3. The standard InChI is InChI=1S/C9H7BrFNO/c1-6(12-5-13)7-3-2-4-8(10)9(7)11/h2-4,6H,1H3. The zero-order valence-electron chi connectivity index (χ0n) is 6.92. The van der Waals surface area contributed by atoms with Crippen LogP contribution >= 0.6 is 15.9 Å². The van der Waals surface area contributed by atoms with Crippen molar-refractivity contribution in [1.82, 2.24) is 0 Å². The molecule has 1 atom stereocenters. The summed E-state index contributed by atoms with van der Waals surface area (Å²) in [4.78, 5) is 13.4. The van der Waals surface area contributed by atoms with E-state index in [1.165, 1.54) is 6.08 Å². The van der Waals surface area contributed by atoms with Crippen molar-refractivity contribution in [2.24, 2.45) is 4.99 Å². The van der Waals surface area contributed by atoms with Crippen LogP contribution in [-0.4, -0.2) is 6.08 Å². The summed E-state index contributed by atoms with van der Waals surface area (Å²) < 4.78 is 13.7. The number of aliphatic imine (C=N–C) groups is 1. The van der Waals surface area contributed by atoms with Crippen LogP contribution in [0.5, 0.6) is 0 Å². The van der Waals surface area contributed by atoms with E-state index in [0.29, 0.717) is 10.0 Å². The summed E-state index contributed by atoms with van der Waals surface area (Å²) in [5, 5.41) is 0. The van der Waals surface area contributed by atoms with Crippen LogP contribution in [0.1, 0.15) is 18.5 Å². The molecule has 0 aliphatic carbocycles. The molecule has 0 amide bonds. The third-order valence-corrected chi connectivity index (χ3v) is 2.29. The molecule has 13 heavy (non-hydrogen) atoms. The predicted molar refractivity (Wildman–Crippen MR) is 50.6 cm³/mol. The first kappa shape index (κ1) is 10.1. The molecule has 0 aromatic heterocycles. The van der Waals surface area contributed by atoms with Crippen LogP contribution < -0.4 is 0 Å². The molecule has 0 saturated carbocycles. The largest absolute Gasteiger partial charge is 0.235 e. The lowest BCUT2D eigenvalue weighted by Gasteiger charge is -2.06. The first-order valence-electron chi connectivity index (χ1n) is 3.67.